The van der Waals surface area contributed by atoms with E-state index >= 15 is 0 Å². The van der Waals surface area contributed by atoms with Crippen LogP contribution in [-0.4, -0.2) is 56.0 Å². The van der Waals surface area contributed by atoms with Gasteiger partial charge in [-0.05, 0) is 43.4 Å². The maximum absolute atomic E-state index is 11.1. The van der Waals surface area contributed by atoms with Crippen molar-refractivity contribution in [1.29, 1.82) is 0 Å². The van der Waals surface area contributed by atoms with Crippen molar-refractivity contribution in [1.82, 2.24) is 4.58 Å². The molecule has 0 atom stereocenters. The van der Waals surface area contributed by atoms with Gasteiger partial charge in [0.25, 0.3) is 10.1 Å². The monoisotopic (exact) mass is 500 g/mol. The Bertz CT molecular complexity index is 1400. The van der Waals surface area contributed by atoms with E-state index in [1.807, 2.05) is 12.1 Å². The average molecular weight is 501 g/mol. The second kappa shape index (κ2) is 9.58. The van der Waals surface area contributed by atoms with Crippen LogP contribution in [0.3, 0.4) is 0 Å². The molecule has 2 aromatic rings. The summed E-state index contributed by atoms with van der Waals surface area (Å²) in [7, 11) is -3.97. The van der Waals surface area contributed by atoms with Crippen molar-refractivity contribution >= 4 is 27.5 Å². The second-order valence-corrected chi connectivity index (χ2v) is 11.0. The first-order valence-electron chi connectivity index (χ1n) is 12.2. The van der Waals surface area contributed by atoms with Crippen molar-refractivity contribution in [3.05, 3.63) is 46.1 Å². The van der Waals surface area contributed by atoms with E-state index < -0.39 is 16.1 Å². The molecule has 3 aliphatic rings. The highest BCUT2D eigenvalue weighted by atomic mass is 32.2. The number of carboxylic acids is 1. The largest absolute Gasteiger partial charge is 0.481 e. The number of anilines is 1. The molecular weight excluding hydrogens is 470 g/mol. The summed E-state index contributed by atoms with van der Waals surface area (Å²) in [5.41, 5.74) is 4.20. The topological polar surface area (TPSA) is 120 Å². The maximum atomic E-state index is 11.1. The third kappa shape index (κ3) is 5.33. The van der Waals surface area contributed by atoms with Gasteiger partial charge in [0, 0.05) is 43.2 Å². The highest BCUT2D eigenvalue weighted by Gasteiger charge is 2.25. The van der Waals surface area contributed by atoms with Crippen LogP contribution in [0.2, 0.25) is 0 Å². The van der Waals surface area contributed by atoms with Crippen molar-refractivity contribution in [2.75, 3.05) is 36.8 Å². The number of carboxylic acid groups (broad SMARTS) is 1. The molecule has 5 rings (SSSR count). The fourth-order valence-electron chi connectivity index (χ4n) is 5.26. The third-order valence-electron chi connectivity index (χ3n) is 6.86. The lowest BCUT2D eigenvalue weighted by molar-refractivity contribution is -0.137. The zero-order valence-electron chi connectivity index (χ0n) is 19.6. The van der Waals surface area contributed by atoms with E-state index in [4.69, 9.17) is 19.4 Å². The Hall–Kier alpha value is -2.98. The molecule has 2 N–H and O–H groups in total. The summed E-state index contributed by atoms with van der Waals surface area (Å²) < 4.78 is 39.9. The van der Waals surface area contributed by atoms with E-state index in [1.165, 1.54) is 11.1 Å². The van der Waals surface area contributed by atoms with Crippen LogP contribution < -0.4 is 24.9 Å². The van der Waals surface area contributed by atoms with Crippen LogP contribution >= 0.6 is 0 Å². The van der Waals surface area contributed by atoms with Gasteiger partial charge in [0.15, 0.2) is 11.5 Å². The van der Waals surface area contributed by atoms with Crippen LogP contribution in [0.5, 0.6) is 11.5 Å². The van der Waals surface area contributed by atoms with E-state index in [0.29, 0.717) is 37.4 Å². The Morgan fingerprint density at radius 3 is 2.71 bits per heavy atom. The third-order valence-corrected chi connectivity index (χ3v) is 7.66. The first kappa shape index (κ1) is 23.7. The number of ether oxygens (including phenoxy) is 1. The minimum absolute atomic E-state index is 0.155. The first-order valence-corrected chi connectivity index (χ1v) is 13.8. The molecule has 0 aliphatic carbocycles. The molecule has 0 bridgehead atoms. The number of benzene rings is 2. The van der Waals surface area contributed by atoms with Crippen LogP contribution in [-0.2, 0) is 27.8 Å². The lowest BCUT2D eigenvalue weighted by Crippen LogP contribution is -2.39. The highest BCUT2D eigenvalue weighted by molar-refractivity contribution is 7.85. The quantitative estimate of drug-likeness (QED) is 0.359. The summed E-state index contributed by atoms with van der Waals surface area (Å²) >= 11 is 0. The van der Waals surface area contributed by atoms with Gasteiger partial charge in [-0.25, -0.2) is 9.57 Å². The van der Waals surface area contributed by atoms with Gasteiger partial charge in [0.05, 0.1) is 18.2 Å². The Labute approximate surface area is 204 Å². The molecule has 3 heterocycles. The molecular formula is C25H30N3O6S+. The standard InChI is InChI=1S/C25H29N3O6S/c29-25(30)7-3-10-27-8-1-5-17-13-19-23(15-21(17)27)34-24-16-22-18(14-20(24)26-19)6-2-9-28(22)11-4-12-35(31,32)33/h13-16H,1-12H2,(H-,29,30,31,32,33)/p+1. The van der Waals surface area contributed by atoms with Gasteiger partial charge in [0.1, 0.15) is 24.1 Å². The van der Waals surface area contributed by atoms with Crippen LogP contribution in [0.25, 0.3) is 0 Å². The van der Waals surface area contributed by atoms with Crippen LogP contribution in [0, 0.1) is 0 Å². The molecule has 0 saturated heterocycles. The van der Waals surface area contributed by atoms with Gasteiger partial charge in [-0.3, -0.25) is 9.35 Å². The summed E-state index contributed by atoms with van der Waals surface area (Å²) in [6.07, 6.45) is 4.99. The van der Waals surface area contributed by atoms with Crippen molar-refractivity contribution < 1.29 is 27.6 Å². The Morgan fingerprint density at radius 1 is 1.09 bits per heavy atom. The molecule has 2 aromatic carbocycles. The molecule has 0 radical (unpaired) electrons. The minimum Gasteiger partial charge on any atom is -0.481 e. The molecule has 0 fully saturated rings. The molecule has 10 heteroatoms. The van der Waals surface area contributed by atoms with Crippen molar-refractivity contribution in [2.45, 2.75) is 44.9 Å². The smallest absolute Gasteiger partial charge is 0.303 e. The highest BCUT2D eigenvalue weighted by Crippen LogP contribution is 2.41. The predicted molar refractivity (Wildman–Crippen MR) is 131 cm³/mol. The fourth-order valence-corrected chi connectivity index (χ4v) is 5.76. The Morgan fingerprint density at radius 2 is 1.91 bits per heavy atom. The van der Waals surface area contributed by atoms with Crippen molar-refractivity contribution in [3.8, 4) is 11.5 Å². The molecule has 3 aliphatic heterocycles. The number of nitrogens with zero attached hydrogens (tertiary/aromatic N) is 3. The molecule has 9 nitrogen and oxygen atoms in total. The van der Waals surface area contributed by atoms with Gasteiger partial charge in [0.2, 0.25) is 5.36 Å². The molecule has 0 unspecified atom stereocenters. The lowest BCUT2D eigenvalue weighted by Gasteiger charge is -2.32. The van der Waals surface area contributed by atoms with Gasteiger partial charge in [-0.2, -0.15) is 8.42 Å². The summed E-state index contributed by atoms with van der Waals surface area (Å²) in [4.78, 5) is 18.0. The predicted octanol–water partition coefficient (Wildman–Crippen LogP) is 2.08. The zero-order valence-corrected chi connectivity index (χ0v) is 20.4. The van der Waals surface area contributed by atoms with E-state index in [1.54, 1.807) is 0 Å². The number of aliphatic carboxylic acids is 1. The van der Waals surface area contributed by atoms with Crippen LogP contribution in [0.15, 0.2) is 29.3 Å². The lowest BCUT2D eigenvalue weighted by atomic mass is 9.99. The summed E-state index contributed by atoms with van der Waals surface area (Å²) in [6.45, 7) is 2.95. The van der Waals surface area contributed by atoms with Crippen LogP contribution in [0.1, 0.15) is 43.2 Å². The molecule has 0 saturated carbocycles. The number of hydrogen-bond acceptors (Lipinski definition) is 6. The fraction of sp³-hybridized carbons (Fsp3) is 0.480. The normalized spacial score (nSPS) is 16.4. The first-order chi connectivity index (χ1) is 16.8. The summed E-state index contributed by atoms with van der Waals surface area (Å²) in [5.74, 6) is 0.333. The van der Waals surface area contributed by atoms with E-state index in [0.717, 1.165) is 60.9 Å². The molecule has 35 heavy (non-hydrogen) atoms. The number of aryl methyl sites for hydroxylation is 2. The summed E-state index contributed by atoms with van der Waals surface area (Å²) in [5, 5.41) is 10.9. The Kier molecular flexibility index (Phi) is 6.50. The number of fused-ring (bicyclic) bond motifs is 4. The number of hydrogen-bond donors (Lipinski definition) is 2. The van der Waals surface area contributed by atoms with E-state index in [2.05, 4.69) is 21.6 Å². The van der Waals surface area contributed by atoms with Crippen LogP contribution in [0.4, 0.5) is 11.4 Å². The average Bonchev–Trinajstić information content (AvgIpc) is 2.79. The number of rotatable bonds is 8. The Balaban J connectivity index is 1.45. The molecule has 0 amide bonds. The zero-order chi connectivity index (χ0) is 24.6. The summed E-state index contributed by atoms with van der Waals surface area (Å²) in [6, 6.07) is 8.19. The van der Waals surface area contributed by atoms with E-state index in [-0.39, 0.29) is 12.2 Å². The van der Waals surface area contributed by atoms with Gasteiger partial charge in [-0.1, -0.05) is 0 Å². The van der Waals surface area contributed by atoms with Crippen molar-refractivity contribution in [2.24, 2.45) is 4.99 Å². The van der Waals surface area contributed by atoms with Crippen molar-refractivity contribution in [3.63, 3.8) is 0 Å². The minimum atomic E-state index is -3.97. The maximum Gasteiger partial charge on any atom is 0.303 e. The van der Waals surface area contributed by atoms with Gasteiger partial charge in [-0.15, -0.1) is 0 Å². The second-order valence-electron chi connectivity index (χ2n) is 9.43. The molecule has 0 aromatic heterocycles. The number of carbonyl (C=O) groups is 1. The van der Waals surface area contributed by atoms with E-state index in [9.17, 15) is 13.2 Å². The van der Waals surface area contributed by atoms with Gasteiger partial charge >= 0.3 is 5.97 Å². The molecule has 0 spiro atoms. The van der Waals surface area contributed by atoms with Gasteiger partial charge < -0.3 is 14.7 Å². The molecule has 186 valence electrons. The SMILES string of the molecule is O=C(O)CCC[N+]1=c2cc3c(cc2CCC1)=Nc1cc2c(cc1O3)N(CCCS(=O)(=O)O)CCC2.